The maximum atomic E-state index is 5.68. The normalized spacial score (nSPS) is 17.0. The zero-order valence-corrected chi connectivity index (χ0v) is 17.3. The molecule has 0 amide bonds. The number of hydrogen-bond donors (Lipinski definition) is 2. The zero-order chi connectivity index (χ0) is 20.3. The van der Waals surface area contributed by atoms with E-state index in [1.54, 1.807) is 19.5 Å². The smallest absolute Gasteiger partial charge is 0.191 e. The lowest BCUT2D eigenvalue weighted by molar-refractivity contribution is 0.327. The molecule has 1 aliphatic heterocycles. The lowest BCUT2D eigenvalue weighted by Gasteiger charge is -2.35. The molecule has 1 aromatic heterocycles. The Bertz CT molecular complexity index is 769. The second kappa shape index (κ2) is 11.1. The van der Waals surface area contributed by atoms with Crippen LogP contribution in [0.4, 0.5) is 5.69 Å². The van der Waals surface area contributed by atoms with Crippen molar-refractivity contribution >= 4 is 11.6 Å². The first-order chi connectivity index (χ1) is 14.3. The SMILES string of the molecule is CCNC(=NCCOc1cccnc1)NC1CCCN(c2cccc(OC)c2)C1. The Labute approximate surface area is 173 Å². The van der Waals surface area contributed by atoms with E-state index < -0.39 is 0 Å². The van der Waals surface area contributed by atoms with E-state index in [0.29, 0.717) is 19.2 Å². The first kappa shape index (κ1) is 20.8. The summed E-state index contributed by atoms with van der Waals surface area (Å²) >= 11 is 0. The number of benzene rings is 1. The maximum Gasteiger partial charge on any atom is 0.191 e. The summed E-state index contributed by atoms with van der Waals surface area (Å²) in [6.07, 6.45) is 5.70. The Morgan fingerprint density at radius 2 is 2.17 bits per heavy atom. The molecule has 2 aromatic rings. The summed E-state index contributed by atoms with van der Waals surface area (Å²) in [7, 11) is 1.71. The number of methoxy groups -OCH3 is 1. The van der Waals surface area contributed by atoms with Gasteiger partial charge in [0.05, 0.1) is 19.9 Å². The molecule has 0 radical (unpaired) electrons. The molecule has 7 nitrogen and oxygen atoms in total. The molecule has 0 bridgehead atoms. The van der Waals surface area contributed by atoms with E-state index in [0.717, 1.165) is 49.9 Å². The minimum absolute atomic E-state index is 0.340. The predicted molar refractivity (Wildman–Crippen MR) is 117 cm³/mol. The molecular weight excluding hydrogens is 366 g/mol. The highest BCUT2D eigenvalue weighted by molar-refractivity contribution is 5.80. The number of nitrogens with one attached hydrogen (secondary N) is 2. The third-order valence-electron chi connectivity index (χ3n) is 4.79. The summed E-state index contributed by atoms with van der Waals surface area (Å²) in [6.45, 7) is 5.98. The molecule has 1 fully saturated rings. The fourth-order valence-electron chi connectivity index (χ4n) is 3.40. The standard InChI is InChI=1S/C22H31N5O2/c1-3-24-22(25-12-14-29-21-10-5-11-23-16-21)26-18-7-6-13-27(17-18)19-8-4-9-20(15-19)28-2/h4-5,8-11,15-16,18H,3,6-7,12-14,17H2,1-2H3,(H2,24,25,26). The summed E-state index contributed by atoms with van der Waals surface area (Å²) in [6, 6.07) is 12.4. The van der Waals surface area contributed by atoms with Crippen molar-refractivity contribution in [3.8, 4) is 11.5 Å². The van der Waals surface area contributed by atoms with Crippen LogP contribution in [0.5, 0.6) is 11.5 Å². The van der Waals surface area contributed by atoms with Crippen LogP contribution >= 0.6 is 0 Å². The fraction of sp³-hybridized carbons (Fsp3) is 0.455. The van der Waals surface area contributed by atoms with Crippen molar-refractivity contribution in [1.82, 2.24) is 15.6 Å². The average molecular weight is 398 g/mol. The highest BCUT2D eigenvalue weighted by Gasteiger charge is 2.21. The van der Waals surface area contributed by atoms with E-state index in [2.05, 4.69) is 44.6 Å². The van der Waals surface area contributed by atoms with Gasteiger partial charge in [0.15, 0.2) is 5.96 Å². The Morgan fingerprint density at radius 3 is 2.97 bits per heavy atom. The molecule has 7 heteroatoms. The minimum atomic E-state index is 0.340. The number of nitrogens with zero attached hydrogens (tertiary/aromatic N) is 3. The third kappa shape index (κ3) is 6.55. The molecule has 3 rings (SSSR count). The van der Waals surface area contributed by atoms with Crippen LogP contribution in [0.2, 0.25) is 0 Å². The molecule has 1 aliphatic rings. The summed E-state index contributed by atoms with van der Waals surface area (Å²) < 4.78 is 11.0. The molecule has 156 valence electrons. The summed E-state index contributed by atoms with van der Waals surface area (Å²) in [5, 5.41) is 6.92. The topological polar surface area (TPSA) is 71.0 Å². The molecule has 1 aromatic carbocycles. The number of hydrogen-bond acceptors (Lipinski definition) is 5. The number of pyridine rings is 1. The Hall–Kier alpha value is -2.96. The quantitative estimate of drug-likeness (QED) is 0.405. The monoisotopic (exact) mass is 397 g/mol. The second-order valence-electron chi connectivity index (χ2n) is 6.93. The van der Waals surface area contributed by atoms with Gasteiger partial charge in [-0.25, -0.2) is 4.99 Å². The highest BCUT2D eigenvalue weighted by atomic mass is 16.5. The van der Waals surface area contributed by atoms with Gasteiger partial charge in [-0.3, -0.25) is 4.98 Å². The van der Waals surface area contributed by atoms with E-state index in [1.165, 1.54) is 5.69 Å². The molecule has 1 atom stereocenters. The molecule has 2 N–H and O–H groups in total. The largest absolute Gasteiger partial charge is 0.497 e. The summed E-state index contributed by atoms with van der Waals surface area (Å²) in [5.41, 5.74) is 1.20. The predicted octanol–water partition coefficient (Wildman–Crippen LogP) is 2.69. The van der Waals surface area contributed by atoms with Crippen molar-refractivity contribution in [1.29, 1.82) is 0 Å². The van der Waals surface area contributed by atoms with Gasteiger partial charge >= 0.3 is 0 Å². The van der Waals surface area contributed by atoms with Crippen LogP contribution in [0, 0.1) is 0 Å². The molecular formula is C22H31N5O2. The van der Waals surface area contributed by atoms with Crippen molar-refractivity contribution in [3.05, 3.63) is 48.8 Å². The summed E-state index contributed by atoms with van der Waals surface area (Å²) in [4.78, 5) is 11.1. The van der Waals surface area contributed by atoms with E-state index in [-0.39, 0.29) is 0 Å². The van der Waals surface area contributed by atoms with Crippen molar-refractivity contribution in [2.45, 2.75) is 25.8 Å². The first-order valence-electron chi connectivity index (χ1n) is 10.2. The number of ether oxygens (including phenoxy) is 2. The molecule has 1 saturated heterocycles. The van der Waals surface area contributed by atoms with Crippen LogP contribution in [-0.2, 0) is 0 Å². The number of anilines is 1. The van der Waals surface area contributed by atoms with Crippen LogP contribution in [-0.4, -0.2) is 56.9 Å². The molecule has 0 aliphatic carbocycles. The van der Waals surface area contributed by atoms with Crippen LogP contribution < -0.4 is 25.0 Å². The van der Waals surface area contributed by atoms with Gasteiger partial charge in [0.25, 0.3) is 0 Å². The Morgan fingerprint density at radius 1 is 1.28 bits per heavy atom. The first-order valence-corrected chi connectivity index (χ1v) is 10.2. The van der Waals surface area contributed by atoms with Gasteiger partial charge in [0.1, 0.15) is 18.1 Å². The Kier molecular flexibility index (Phi) is 7.98. The van der Waals surface area contributed by atoms with Gasteiger partial charge in [-0.1, -0.05) is 6.07 Å². The average Bonchev–Trinajstić information content (AvgIpc) is 2.78. The molecule has 0 saturated carbocycles. The van der Waals surface area contributed by atoms with Gasteiger partial charge in [0, 0.05) is 43.6 Å². The highest BCUT2D eigenvalue weighted by Crippen LogP contribution is 2.24. The lowest BCUT2D eigenvalue weighted by Crippen LogP contribution is -2.51. The number of guanidine groups is 1. The molecule has 1 unspecified atom stereocenters. The Balaban J connectivity index is 1.53. The molecule has 0 spiro atoms. The number of rotatable bonds is 8. The van der Waals surface area contributed by atoms with E-state index >= 15 is 0 Å². The maximum absolute atomic E-state index is 5.68. The number of aromatic nitrogens is 1. The van der Waals surface area contributed by atoms with Gasteiger partial charge in [0.2, 0.25) is 0 Å². The fourth-order valence-corrected chi connectivity index (χ4v) is 3.40. The zero-order valence-electron chi connectivity index (χ0n) is 17.3. The van der Waals surface area contributed by atoms with E-state index in [9.17, 15) is 0 Å². The molecule has 29 heavy (non-hydrogen) atoms. The van der Waals surface area contributed by atoms with Crippen molar-refractivity contribution in [2.24, 2.45) is 4.99 Å². The van der Waals surface area contributed by atoms with Crippen LogP contribution in [0.15, 0.2) is 53.8 Å². The number of aliphatic imine (C=N–C) groups is 1. The van der Waals surface area contributed by atoms with Crippen molar-refractivity contribution < 1.29 is 9.47 Å². The second-order valence-corrected chi connectivity index (χ2v) is 6.93. The van der Waals surface area contributed by atoms with E-state index in [1.807, 2.05) is 24.3 Å². The van der Waals surface area contributed by atoms with Gasteiger partial charge < -0.3 is 25.0 Å². The lowest BCUT2D eigenvalue weighted by atomic mass is 10.0. The van der Waals surface area contributed by atoms with Crippen molar-refractivity contribution in [2.75, 3.05) is 44.8 Å². The minimum Gasteiger partial charge on any atom is -0.497 e. The van der Waals surface area contributed by atoms with Gasteiger partial charge in [-0.2, -0.15) is 0 Å². The number of piperidine rings is 1. The van der Waals surface area contributed by atoms with Crippen LogP contribution in [0.3, 0.4) is 0 Å². The van der Waals surface area contributed by atoms with Crippen LogP contribution in [0.25, 0.3) is 0 Å². The third-order valence-corrected chi connectivity index (χ3v) is 4.79. The summed E-state index contributed by atoms with van der Waals surface area (Å²) in [5.74, 6) is 2.49. The van der Waals surface area contributed by atoms with Crippen LogP contribution in [0.1, 0.15) is 19.8 Å². The van der Waals surface area contributed by atoms with E-state index in [4.69, 9.17) is 9.47 Å². The van der Waals surface area contributed by atoms with Crippen molar-refractivity contribution in [3.63, 3.8) is 0 Å². The molecule has 2 heterocycles. The van der Waals surface area contributed by atoms with Gasteiger partial charge in [-0.05, 0) is 44.0 Å². The van der Waals surface area contributed by atoms with Gasteiger partial charge in [-0.15, -0.1) is 0 Å².